The van der Waals surface area contributed by atoms with Crippen molar-refractivity contribution in [2.45, 2.75) is 64.3 Å². The molecule has 0 radical (unpaired) electrons. The van der Waals surface area contributed by atoms with Crippen LogP contribution in [0, 0.1) is 0 Å². The van der Waals surface area contributed by atoms with Gasteiger partial charge in [0.2, 0.25) is 0 Å². The first-order valence-corrected chi connectivity index (χ1v) is 13.7. The molecule has 1 N–H and O–H groups in total. The Morgan fingerprint density at radius 3 is 1.84 bits per heavy atom. The largest absolute Gasteiger partial charge is 0.598 e. The Kier molecular flexibility index (Phi) is 8.70. The maximum Gasteiger partial charge on any atom is 0.261 e. The molecule has 2 aromatic carbocycles. The minimum absolute atomic E-state index is 0.146. The van der Waals surface area contributed by atoms with Gasteiger partial charge >= 0.3 is 0 Å². The molecule has 6 heteroatoms. The maximum atomic E-state index is 14.8. The van der Waals surface area contributed by atoms with Crippen LogP contribution in [0.1, 0.15) is 48.5 Å². The van der Waals surface area contributed by atoms with E-state index in [1.807, 2.05) is 57.2 Å². The van der Waals surface area contributed by atoms with Crippen LogP contribution in [0.5, 0.6) is 0 Å². The van der Waals surface area contributed by atoms with Crippen LogP contribution < -0.4 is 15.1 Å². The van der Waals surface area contributed by atoms with Crippen molar-refractivity contribution in [2.75, 3.05) is 6.61 Å². The van der Waals surface area contributed by atoms with Gasteiger partial charge in [0.15, 0.2) is 0 Å². The number of halogens is 1. The van der Waals surface area contributed by atoms with Crippen molar-refractivity contribution in [3.8, 4) is 0 Å². The SMILES string of the molecule is C[C@@H](N[S+]([O-])C(C)(C)C)/C(F)=C/CO[Si](c1ccccc1)(c1ccccc1)C(C)(C)C. The Bertz CT molecular complexity index is 808. The molecule has 1 unspecified atom stereocenters. The van der Waals surface area contributed by atoms with Crippen LogP contribution in [-0.4, -0.2) is 30.3 Å². The highest BCUT2D eigenvalue weighted by Crippen LogP contribution is 2.36. The first-order valence-electron chi connectivity index (χ1n) is 10.7. The van der Waals surface area contributed by atoms with Crippen LogP contribution in [0.3, 0.4) is 0 Å². The van der Waals surface area contributed by atoms with E-state index >= 15 is 0 Å². The van der Waals surface area contributed by atoms with Crippen LogP contribution in [0.15, 0.2) is 72.6 Å². The molecule has 0 bridgehead atoms. The summed E-state index contributed by atoms with van der Waals surface area (Å²) in [6.07, 6.45) is 1.47. The highest BCUT2D eigenvalue weighted by Gasteiger charge is 2.49. The molecule has 0 fully saturated rings. The Balaban J connectivity index is 2.34. The fraction of sp³-hybridized carbons (Fsp3) is 0.440. The van der Waals surface area contributed by atoms with Crippen LogP contribution in [0.25, 0.3) is 0 Å². The molecule has 0 saturated carbocycles. The third-order valence-corrected chi connectivity index (χ3v) is 11.9. The first kappa shape index (κ1) is 25.8. The van der Waals surface area contributed by atoms with E-state index in [0.29, 0.717) is 0 Å². The van der Waals surface area contributed by atoms with E-state index in [2.05, 4.69) is 49.8 Å². The molecule has 3 nitrogen and oxygen atoms in total. The lowest BCUT2D eigenvalue weighted by molar-refractivity contribution is 0.334. The average Bonchev–Trinajstić information content (AvgIpc) is 2.70. The molecule has 0 saturated heterocycles. The summed E-state index contributed by atoms with van der Waals surface area (Å²) in [5.41, 5.74) is 0. The van der Waals surface area contributed by atoms with Crippen molar-refractivity contribution >= 4 is 30.1 Å². The van der Waals surface area contributed by atoms with Crippen molar-refractivity contribution in [1.29, 1.82) is 0 Å². The van der Waals surface area contributed by atoms with Gasteiger partial charge in [0.1, 0.15) is 16.6 Å². The second-order valence-corrected chi connectivity index (χ2v) is 16.1. The second kappa shape index (κ2) is 10.4. The summed E-state index contributed by atoms with van der Waals surface area (Å²) < 4.78 is 36.2. The topological polar surface area (TPSA) is 44.3 Å². The van der Waals surface area contributed by atoms with Gasteiger partial charge in [-0.05, 0) is 49.2 Å². The summed E-state index contributed by atoms with van der Waals surface area (Å²) in [5, 5.41) is 2.14. The molecule has 0 heterocycles. The Hall–Kier alpha value is -1.44. The summed E-state index contributed by atoms with van der Waals surface area (Å²) in [6, 6.07) is 19.9. The zero-order valence-electron chi connectivity index (χ0n) is 19.7. The Morgan fingerprint density at radius 1 is 1.00 bits per heavy atom. The standard InChI is InChI=1S/C25H36FNO2SSi/c1-20(27-30(28)24(2,3)4)23(26)18-19-29-31(25(5,6)7,21-14-10-8-11-15-21)22-16-12-9-13-17-22/h8-18,20,27H,19H2,1-7H3/b23-18-/t20-,30?/m1/s1. The Labute approximate surface area is 191 Å². The summed E-state index contributed by atoms with van der Waals surface area (Å²) in [6.45, 7) is 14.0. The van der Waals surface area contributed by atoms with Gasteiger partial charge in [0.25, 0.3) is 8.32 Å². The zero-order chi connectivity index (χ0) is 23.3. The van der Waals surface area contributed by atoms with Gasteiger partial charge in [0, 0.05) is 11.4 Å². The highest BCUT2D eigenvalue weighted by atomic mass is 32.2. The van der Waals surface area contributed by atoms with Crippen molar-refractivity contribution in [1.82, 2.24) is 4.72 Å². The van der Waals surface area contributed by atoms with Crippen molar-refractivity contribution < 1.29 is 13.4 Å². The summed E-state index contributed by atoms with van der Waals surface area (Å²) >= 11 is -1.35. The fourth-order valence-electron chi connectivity index (χ4n) is 3.58. The van der Waals surface area contributed by atoms with Gasteiger partial charge < -0.3 is 8.98 Å². The first-order chi connectivity index (χ1) is 14.4. The van der Waals surface area contributed by atoms with Crippen LogP contribution in [0.2, 0.25) is 5.04 Å². The molecule has 2 aromatic rings. The van der Waals surface area contributed by atoms with Crippen LogP contribution >= 0.6 is 0 Å². The molecule has 0 spiro atoms. The quantitative estimate of drug-likeness (QED) is 0.451. The van der Waals surface area contributed by atoms with E-state index in [-0.39, 0.29) is 17.5 Å². The number of benzene rings is 2. The number of hydrogen-bond acceptors (Lipinski definition) is 3. The van der Waals surface area contributed by atoms with E-state index < -0.39 is 30.5 Å². The Morgan fingerprint density at radius 2 is 1.45 bits per heavy atom. The highest BCUT2D eigenvalue weighted by molar-refractivity contribution is 7.90. The van der Waals surface area contributed by atoms with Crippen molar-refractivity contribution in [3.63, 3.8) is 0 Å². The van der Waals surface area contributed by atoms with Gasteiger partial charge in [-0.25, -0.2) is 4.39 Å². The summed E-state index contributed by atoms with van der Waals surface area (Å²) in [5.74, 6) is -0.365. The monoisotopic (exact) mass is 461 g/mol. The van der Waals surface area contributed by atoms with Crippen LogP contribution in [-0.2, 0) is 15.8 Å². The smallest absolute Gasteiger partial charge is 0.261 e. The molecule has 0 amide bonds. The molecule has 0 aliphatic carbocycles. The van der Waals surface area contributed by atoms with E-state index in [9.17, 15) is 8.94 Å². The van der Waals surface area contributed by atoms with Crippen LogP contribution in [0.4, 0.5) is 4.39 Å². The van der Waals surface area contributed by atoms with E-state index in [1.165, 1.54) is 6.08 Å². The van der Waals surface area contributed by atoms with Gasteiger partial charge in [0.05, 0.1) is 6.61 Å². The predicted molar refractivity (Wildman–Crippen MR) is 133 cm³/mol. The van der Waals surface area contributed by atoms with Crippen molar-refractivity contribution in [3.05, 3.63) is 72.6 Å². The van der Waals surface area contributed by atoms with Gasteiger partial charge in [-0.15, -0.1) is 4.72 Å². The summed E-state index contributed by atoms with van der Waals surface area (Å²) in [4.78, 5) is 0. The number of hydrogen-bond donors (Lipinski definition) is 1. The predicted octanol–water partition coefficient (Wildman–Crippen LogP) is 4.86. The third-order valence-electron chi connectivity index (χ3n) is 5.25. The second-order valence-electron chi connectivity index (χ2n) is 9.78. The summed E-state index contributed by atoms with van der Waals surface area (Å²) in [7, 11) is -2.70. The molecular formula is C25H36FNO2SSi. The zero-order valence-corrected chi connectivity index (χ0v) is 21.6. The lowest BCUT2D eigenvalue weighted by Gasteiger charge is -2.42. The van der Waals surface area contributed by atoms with Crippen molar-refractivity contribution in [2.24, 2.45) is 0 Å². The molecule has 2 rings (SSSR count). The number of nitrogens with one attached hydrogen (secondary N) is 1. The molecular weight excluding hydrogens is 425 g/mol. The number of rotatable bonds is 8. The normalized spacial score (nSPS) is 15.6. The molecule has 0 aliphatic heterocycles. The average molecular weight is 462 g/mol. The van der Waals surface area contributed by atoms with E-state index in [4.69, 9.17) is 4.43 Å². The molecule has 0 aliphatic rings. The van der Waals surface area contributed by atoms with Gasteiger partial charge in [-0.1, -0.05) is 81.4 Å². The van der Waals surface area contributed by atoms with E-state index in [1.54, 1.807) is 6.92 Å². The lowest BCUT2D eigenvalue weighted by atomic mass is 10.2. The molecule has 0 aromatic heterocycles. The lowest BCUT2D eigenvalue weighted by Crippen LogP contribution is -2.66. The fourth-order valence-corrected chi connectivity index (χ4v) is 8.85. The minimum atomic E-state index is -2.70. The van der Waals surface area contributed by atoms with Gasteiger partial charge in [-0.3, -0.25) is 0 Å². The minimum Gasteiger partial charge on any atom is -0.598 e. The third kappa shape index (κ3) is 6.30. The molecule has 170 valence electrons. The maximum absolute atomic E-state index is 14.8. The van der Waals surface area contributed by atoms with E-state index in [0.717, 1.165) is 10.4 Å². The molecule has 2 atom stereocenters. The molecule has 31 heavy (non-hydrogen) atoms. The van der Waals surface area contributed by atoms with Gasteiger partial charge in [-0.2, -0.15) is 0 Å².